The number of carbonyl (C=O) groups excluding carboxylic acids is 1. The minimum absolute atomic E-state index is 0.0297. The number of nitrogens with zero attached hydrogens (tertiary/aromatic N) is 3. The zero-order valence-corrected chi connectivity index (χ0v) is 12.8. The first-order chi connectivity index (χ1) is 10.0. The predicted molar refractivity (Wildman–Crippen MR) is 84.5 cm³/mol. The van der Waals surface area contributed by atoms with Gasteiger partial charge < -0.3 is 10.6 Å². The minimum atomic E-state index is -0.0297. The van der Waals surface area contributed by atoms with Gasteiger partial charge in [-0.05, 0) is 38.9 Å². The second kappa shape index (κ2) is 6.54. The van der Waals surface area contributed by atoms with Crippen molar-refractivity contribution in [3.8, 4) is 0 Å². The SMILES string of the molecule is Cc1ccc(N(CCCN)C(=O)c2cnn(C)c2C)cc1. The fraction of sp³-hybridized carbons (Fsp3) is 0.375. The number of anilines is 1. The summed E-state index contributed by atoms with van der Waals surface area (Å²) in [4.78, 5) is 14.6. The third-order valence-corrected chi connectivity index (χ3v) is 3.64. The maximum Gasteiger partial charge on any atom is 0.261 e. The number of hydrogen-bond donors (Lipinski definition) is 1. The molecule has 1 aromatic heterocycles. The lowest BCUT2D eigenvalue weighted by Gasteiger charge is -2.22. The smallest absolute Gasteiger partial charge is 0.261 e. The lowest BCUT2D eigenvalue weighted by atomic mass is 10.1. The molecule has 2 aromatic rings. The minimum Gasteiger partial charge on any atom is -0.330 e. The van der Waals surface area contributed by atoms with Crippen molar-refractivity contribution in [2.75, 3.05) is 18.0 Å². The van der Waals surface area contributed by atoms with Crippen LogP contribution in [-0.2, 0) is 7.05 Å². The van der Waals surface area contributed by atoms with Crippen molar-refractivity contribution in [3.05, 3.63) is 47.3 Å². The molecule has 0 fully saturated rings. The Morgan fingerprint density at radius 2 is 1.95 bits per heavy atom. The van der Waals surface area contributed by atoms with Crippen LogP contribution in [0.3, 0.4) is 0 Å². The van der Waals surface area contributed by atoms with Crippen molar-refractivity contribution >= 4 is 11.6 Å². The number of carbonyl (C=O) groups is 1. The lowest BCUT2D eigenvalue weighted by molar-refractivity contribution is 0.0986. The maximum absolute atomic E-state index is 12.8. The molecule has 0 radical (unpaired) electrons. The van der Waals surface area contributed by atoms with Gasteiger partial charge in [0.05, 0.1) is 11.8 Å². The van der Waals surface area contributed by atoms with E-state index in [2.05, 4.69) is 5.10 Å². The van der Waals surface area contributed by atoms with Crippen molar-refractivity contribution in [1.82, 2.24) is 9.78 Å². The number of benzene rings is 1. The second-order valence-electron chi connectivity index (χ2n) is 5.20. The predicted octanol–water partition coefficient (Wildman–Crippen LogP) is 2.03. The molecular formula is C16H22N4O. The van der Waals surface area contributed by atoms with Gasteiger partial charge in [-0.1, -0.05) is 17.7 Å². The average molecular weight is 286 g/mol. The summed E-state index contributed by atoms with van der Waals surface area (Å²) in [6, 6.07) is 7.95. The molecule has 112 valence electrons. The van der Waals surface area contributed by atoms with Crippen LogP contribution in [-0.4, -0.2) is 28.8 Å². The Kier molecular flexibility index (Phi) is 4.75. The van der Waals surface area contributed by atoms with Gasteiger partial charge in [0.2, 0.25) is 0 Å². The van der Waals surface area contributed by atoms with Gasteiger partial charge >= 0.3 is 0 Å². The fourth-order valence-electron chi connectivity index (χ4n) is 2.18. The molecule has 0 atom stereocenters. The van der Waals surface area contributed by atoms with Crippen LogP contribution in [0, 0.1) is 13.8 Å². The zero-order chi connectivity index (χ0) is 15.4. The molecule has 0 bridgehead atoms. The molecule has 0 saturated carbocycles. The largest absolute Gasteiger partial charge is 0.330 e. The van der Waals surface area contributed by atoms with Gasteiger partial charge in [-0.25, -0.2) is 0 Å². The Hall–Kier alpha value is -2.14. The molecule has 1 heterocycles. The Labute approximate surface area is 125 Å². The summed E-state index contributed by atoms with van der Waals surface area (Å²) < 4.78 is 1.71. The molecule has 21 heavy (non-hydrogen) atoms. The van der Waals surface area contributed by atoms with Crippen molar-refractivity contribution in [2.24, 2.45) is 12.8 Å². The topological polar surface area (TPSA) is 64.2 Å². The Morgan fingerprint density at radius 1 is 1.29 bits per heavy atom. The van der Waals surface area contributed by atoms with Crippen LogP contribution in [0.4, 0.5) is 5.69 Å². The molecular weight excluding hydrogens is 264 g/mol. The lowest BCUT2D eigenvalue weighted by Crippen LogP contribution is -2.33. The third kappa shape index (κ3) is 3.31. The van der Waals surface area contributed by atoms with Gasteiger partial charge in [0.15, 0.2) is 0 Å². The van der Waals surface area contributed by atoms with Gasteiger partial charge in [0, 0.05) is 25.0 Å². The van der Waals surface area contributed by atoms with Gasteiger partial charge in [-0.15, -0.1) is 0 Å². The van der Waals surface area contributed by atoms with Gasteiger partial charge in [-0.2, -0.15) is 5.10 Å². The van der Waals surface area contributed by atoms with Gasteiger partial charge in [0.1, 0.15) is 0 Å². The molecule has 1 aromatic carbocycles. The van der Waals surface area contributed by atoms with Crippen LogP contribution in [0.5, 0.6) is 0 Å². The van der Waals surface area contributed by atoms with E-state index < -0.39 is 0 Å². The van der Waals surface area contributed by atoms with Crippen molar-refractivity contribution in [2.45, 2.75) is 20.3 Å². The van der Waals surface area contributed by atoms with Crippen LogP contribution in [0.1, 0.15) is 28.0 Å². The number of nitrogens with two attached hydrogens (primary N) is 1. The summed E-state index contributed by atoms with van der Waals surface area (Å²) >= 11 is 0. The van der Waals surface area contributed by atoms with Gasteiger partial charge in [-0.3, -0.25) is 9.48 Å². The standard InChI is InChI=1S/C16H22N4O/c1-12-5-7-14(8-6-12)20(10-4-9-17)16(21)15-11-18-19(3)13(15)2/h5-8,11H,4,9-10,17H2,1-3H3. The molecule has 1 amide bonds. The van der Waals surface area contributed by atoms with E-state index in [9.17, 15) is 4.79 Å². The van der Waals surface area contributed by atoms with Crippen LogP contribution < -0.4 is 10.6 Å². The van der Waals surface area contributed by atoms with E-state index in [1.54, 1.807) is 15.8 Å². The quantitative estimate of drug-likeness (QED) is 0.914. The molecule has 0 unspecified atom stereocenters. The van der Waals surface area contributed by atoms with E-state index >= 15 is 0 Å². The van der Waals surface area contributed by atoms with E-state index in [1.807, 2.05) is 45.2 Å². The molecule has 0 spiro atoms. The molecule has 5 heteroatoms. The van der Waals surface area contributed by atoms with E-state index in [4.69, 9.17) is 5.73 Å². The van der Waals surface area contributed by atoms with Crippen molar-refractivity contribution < 1.29 is 4.79 Å². The number of hydrogen-bond acceptors (Lipinski definition) is 3. The van der Waals surface area contributed by atoms with Crippen LogP contribution in [0.2, 0.25) is 0 Å². The summed E-state index contributed by atoms with van der Waals surface area (Å²) in [5, 5.41) is 4.15. The van der Waals surface area contributed by atoms with E-state index in [0.29, 0.717) is 18.7 Å². The molecule has 0 saturated heterocycles. The van der Waals surface area contributed by atoms with E-state index in [1.165, 1.54) is 5.56 Å². The Balaban J connectivity index is 2.33. The molecule has 2 rings (SSSR count). The first-order valence-electron chi connectivity index (χ1n) is 7.11. The van der Waals surface area contributed by atoms with Crippen LogP contribution >= 0.6 is 0 Å². The van der Waals surface area contributed by atoms with Crippen molar-refractivity contribution in [1.29, 1.82) is 0 Å². The average Bonchev–Trinajstić information content (AvgIpc) is 2.81. The summed E-state index contributed by atoms with van der Waals surface area (Å²) in [7, 11) is 1.84. The van der Waals surface area contributed by atoms with Crippen LogP contribution in [0.15, 0.2) is 30.5 Å². The fourth-order valence-corrected chi connectivity index (χ4v) is 2.18. The highest BCUT2D eigenvalue weighted by molar-refractivity contribution is 6.06. The Bertz CT molecular complexity index is 616. The molecule has 5 nitrogen and oxygen atoms in total. The highest BCUT2D eigenvalue weighted by Gasteiger charge is 2.21. The molecule has 2 N–H and O–H groups in total. The van der Waals surface area contributed by atoms with Crippen molar-refractivity contribution in [3.63, 3.8) is 0 Å². The summed E-state index contributed by atoms with van der Waals surface area (Å²) in [6.45, 7) is 5.09. The molecule has 0 aliphatic carbocycles. The first-order valence-corrected chi connectivity index (χ1v) is 7.11. The number of aromatic nitrogens is 2. The molecule has 0 aliphatic heterocycles. The summed E-state index contributed by atoms with van der Waals surface area (Å²) in [6.07, 6.45) is 2.39. The van der Waals surface area contributed by atoms with E-state index in [0.717, 1.165) is 17.8 Å². The summed E-state index contributed by atoms with van der Waals surface area (Å²) in [5.74, 6) is -0.0297. The highest BCUT2D eigenvalue weighted by Crippen LogP contribution is 2.19. The Morgan fingerprint density at radius 3 is 2.48 bits per heavy atom. The normalized spacial score (nSPS) is 10.7. The van der Waals surface area contributed by atoms with Gasteiger partial charge in [0.25, 0.3) is 5.91 Å². The number of aryl methyl sites for hydroxylation is 2. The van der Waals surface area contributed by atoms with Crippen LogP contribution in [0.25, 0.3) is 0 Å². The number of amides is 1. The number of rotatable bonds is 5. The maximum atomic E-state index is 12.8. The summed E-state index contributed by atoms with van der Waals surface area (Å²) in [5.41, 5.74) is 9.16. The monoisotopic (exact) mass is 286 g/mol. The molecule has 0 aliphatic rings. The van der Waals surface area contributed by atoms with E-state index in [-0.39, 0.29) is 5.91 Å². The highest BCUT2D eigenvalue weighted by atomic mass is 16.2. The second-order valence-corrected chi connectivity index (χ2v) is 5.20. The third-order valence-electron chi connectivity index (χ3n) is 3.64. The first kappa shape index (κ1) is 15.3. The zero-order valence-electron chi connectivity index (χ0n) is 12.8.